The summed E-state index contributed by atoms with van der Waals surface area (Å²) in [7, 11) is 0. The van der Waals surface area contributed by atoms with Crippen LogP contribution in [0, 0.1) is 5.95 Å². The Labute approximate surface area is 176 Å². The highest BCUT2D eigenvalue weighted by atomic mass is 35.5. The molecule has 0 radical (unpaired) electrons. The Balaban J connectivity index is 1.68. The van der Waals surface area contributed by atoms with Gasteiger partial charge in [-0.1, -0.05) is 23.7 Å². The van der Waals surface area contributed by atoms with Gasteiger partial charge in [0.15, 0.2) is 0 Å². The summed E-state index contributed by atoms with van der Waals surface area (Å²) in [5.41, 5.74) is 1.14. The van der Waals surface area contributed by atoms with Crippen molar-refractivity contribution in [2.24, 2.45) is 0 Å². The molecule has 0 spiro atoms. The molecule has 1 saturated heterocycles. The molecule has 2 aliphatic heterocycles. The third-order valence-corrected chi connectivity index (χ3v) is 6.00. The third kappa shape index (κ3) is 2.69. The number of amides is 2. The lowest BCUT2D eigenvalue weighted by Crippen LogP contribution is -2.58. The van der Waals surface area contributed by atoms with Crippen molar-refractivity contribution in [3.8, 4) is 0 Å². The Bertz CT molecular complexity index is 1150. The lowest BCUT2D eigenvalue weighted by atomic mass is 9.86. The second-order valence-corrected chi connectivity index (χ2v) is 7.72. The van der Waals surface area contributed by atoms with Crippen LogP contribution in [-0.4, -0.2) is 44.7 Å². The minimum absolute atomic E-state index is 0.174. The molecule has 1 aromatic carbocycles. The van der Waals surface area contributed by atoms with E-state index < -0.39 is 11.6 Å². The number of hydrogen-bond acceptors (Lipinski definition) is 4. The molecule has 2 aliphatic rings. The summed E-state index contributed by atoms with van der Waals surface area (Å²) in [6.07, 6.45) is 3.20. The van der Waals surface area contributed by atoms with Gasteiger partial charge in [0.1, 0.15) is 5.66 Å². The summed E-state index contributed by atoms with van der Waals surface area (Å²) in [6.45, 7) is 0.703. The van der Waals surface area contributed by atoms with Crippen molar-refractivity contribution in [1.29, 1.82) is 0 Å². The van der Waals surface area contributed by atoms with Gasteiger partial charge in [-0.25, -0.2) is 4.98 Å². The average Bonchev–Trinajstić information content (AvgIpc) is 3.15. The summed E-state index contributed by atoms with van der Waals surface area (Å²) >= 11 is 6.09. The predicted octanol–water partition coefficient (Wildman–Crippen LogP) is 3.28. The monoisotopic (exact) mass is 422 g/mol. The van der Waals surface area contributed by atoms with Gasteiger partial charge >= 0.3 is 0 Å². The summed E-state index contributed by atoms with van der Waals surface area (Å²) in [6, 6.07) is 13.2. The van der Waals surface area contributed by atoms with Gasteiger partial charge in [0.2, 0.25) is 5.95 Å². The minimum atomic E-state index is -1.05. The summed E-state index contributed by atoms with van der Waals surface area (Å²) in [5, 5.41) is 0.556. The molecule has 2 aromatic heterocycles. The number of pyridine rings is 2. The number of aromatic nitrogens is 2. The lowest BCUT2D eigenvalue weighted by Gasteiger charge is -2.46. The number of benzene rings is 1. The zero-order valence-corrected chi connectivity index (χ0v) is 16.5. The zero-order chi connectivity index (χ0) is 20.9. The van der Waals surface area contributed by atoms with E-state index in [-0.39, 0.29) is 17.4 Å². The first-order chi connectivity index (χ1) is 14.5. The summed E-state index contributed by atoms with van der Waals surface area (Å²) in [5.74, 6) is -1.16. The van der Waals surface area contributed by atoms with Crippen LogP contribution >= 0.6 is 11.6 Å². The predicted molar refractivity (Wildman–Crippen MR) is 107 cm³/mol. The van der Waals surface area contributed by atoms with Gasteiger partial charge in [-0.05, 0) is 42.0 Å². The van der Waals surface area contributed by atoms with E-state index in [1.165, 1.54) is 12.3 Å². The van der Waals surface area contributed by atoms with Crippen molar-refractivity contribution in [2.45, 2.75) is 12.1 Å². The first-order valence-electron chi connectivity index (χ1n) is 9.46. The molecule has 8 heteroatoms. The topological polar surface area (TPSA) is 66.4 Å². The maximum atomic E-state index is 13.5. The van der Waals surface area contributed by atoms with Crippen LogP contribution < -0.4 is 0 Å². The normalized spacial score (nSPS) is 20.1. The van der Waals surface area contributed by atoms with Crippen molar-refractivity contribution in [3.63, 3.8) is 0 Å². The molecular formula is C22H16ClFN4O2. The van der Waals surface area contributed by atoms with Crippen LogP contribution in [0.1, 0.15) is 32.0 Å². The van der Waals surface area contributed by atoms with Crippen LogP contribution in [0.5, 0.6) is 0 Å². The van der Waals surface area contributed by atoms with Gasteiger partial charge in [-0.15, -0.1) is 0 Å². The fraction of sp³-hybridized carbons (Fsp3) is 0.182. The van der Waals surface area contributed by atoms with Gasteiger partial charge in [-0.3, -0.25) is 14.6 Å². The standard InChI is InChI=1S/C22H16ClFN4O2/c23-16-6-4-15(5-7-16)22-12-18-17(2-1-9-25-18)21(30)28(22)11-10-27(22)20(29)14-3-8-19(24)26-13-14/h1-9,13H,10-12H2. The summed E-state index contributed by atoms with van der Waals surface area (Å²) < 4.78 is 13.3. The Hall–Kier alpha value is -3.32. The molecule has 1 unspecified atom stereocenters. The van der Waals surface area contributed by atoms with Crippen LogP contribution in [0.3, 0.4) is 0 Å². The molecule has 1 fully saturated rings. The van der Waals surface area contributed by atoms with Crippen LogP contribution in [-0.2, 0) is 12.1 Å². The first-order valence-corrected chi connectivity index (χ1v) is 9.84. The third-order valence-electron chi connectivity index (χ3n) is 5.75. The van der Waals surface area contributed by atoms with Gasteiger partial charge < -0.3 is 9.80 Å². The van der Waals surface area contributed by atoms with E-state index >= 15 is 0 Å². The van der Waals surface area contributed by atoms with Gasteiger partial charge in [0.05, 0.1) is 16.8 Å². The van der Waals surface area contributed by atoms with Crippen molar-refractivity contribution in [2.75, 3.05) is 13.1 Å². The quantitative estimate of drug-likeness (QED) is 0.594. The number of halogens is 2. The van der Waals surface area contributed by atoms with E-state index in [0.717, 1.165) is 11.6 Å². The highest BCUT2D eigenvalue weighted by Gasteiger charge is 2.56. The summed E-state index contributed by atoms with van der Waals surface area (Å²) in [4.78, 5) is 38.2. The first kappa shape index (κ1) is 18.7. The molecule has 1 atom stereocenters. The van der Waals surface area contributed by atoms with Crippen LogP contribution in [0.15, 0.2) is 60.9 Å². The molecule has 0 bridgehead atoms. The fourth-order valence-electron chi connectivity index (χ4n) is 4.39. The molecule has 30 heavy (non-hydrogen) atoms. The maximum absolute atomic E-state index is 13.5. The van der Waals surface area contributed by atoms with E-state index in [1.807, 2.05) is 12.1 Å². The van der Waals surface area contributed by atoms with Crippen molar-refractivity contribution in [3.05, 3.63) is 94.3 Å². The highest BCUT2D eigenvalue weighted by Crippen LogP contribution is 2.45. The molecule has 0 aliphatic carbocycles. The van der Waals surface area contributed by atoms with Crippen LogP contribution in [0.4, 0.5) is 4.39 Å². The van der Waals surface area contributed by atoms with E-state index in [4.69, 9.17) is 11.6 Å². The number of fused-ring (bicyclic) bond motifs is 2. The molecule has 3 aromatic rings. The fourth-order valence-corrected chi connectivity index (χ4v) is 4.51. The van der Waals surface area contributed by atoms with E-state index in [2.05, 4.69) is 9.97 Å². The molecule has 150 valence electrons. The lowest BCUT2D eigenvalue weighted by molar-refractivity contribution is 0.00702. The van der Waals surface area contributed by atoms with Crippen molar-refractivity contribution in [1.82, 2.24) is 19.8 Å². The largest absolute Gasteiger partial charge is 0.309 e. The molecule has 6 nitrogen and oxygen atoms in total. The zero-order valence-electron chi connectivity index (χ0n) is 15.8. The van der Waals surface area contributed by atoms with E-state index in [9.17, 15) is 14.0 Å². The molecule has 5 rings (SSSR count). The second kappa shape index (κ2) is 6.88. The molecule has 2 amide bonds. The molecule has 4 heterocycles. The molecule has 0 saturated carbocycles. The smallest absolute Gasteiger partial charge is 0.257 e. The average molecular weight is 423 g/mol. The number of hydrogen-bond donors (Lipinski definition) is 0. The number of carbonyl (C=O) groups is 2. The number of carbonyl (C=O) groups excluding carboxylic acids is 2. The van der Waals surface area contributed by atoms with Crippen LogP contribution in [0.2, 0.25) is 5.02 Å². The van der Waals surface area contributed by atoms with E-state index in [1.54, 1.807) is 40.3 Å². The Morgan fingerprint density at radius 1 is 1.07 bits per heavy atom. The van der Waals surface area contributed by atoms with Gasteiger partial charge in [0, 0.05) is 36.9 Å². The Morgan fingerprint density at radius 3 is 2.60 bits per heavy atom. The highest BCUT2D eigenvalue weighted by molar-refractivity contribution is 6.30. The van der Waals surface area contributed by atoms with Gasteiger partial charge in [0.25, 0.3) is 11.8 Å². The number of nitrogens with zero attached hydrogens (tertiary/aromatic N) is 4. The SMILES string of the molecule is O=C(c1ccc(F)nc1)N1CCN2C(=O)c3cccnc3CC12c1ccc(Cl)cc1. The van der Waals surface area contributed by atoms with Crippen molar-refractivity contribution >= 4 is 23.4 Å². The molecule has 0 N–H and O–H groups in total. The minimum Gasteiger partial charge on any atom is -0.309 e. The molecular weight excluding hydrogens is 407 g/mol. The van der Waals surface area contributed by atoms with Crippen LogP contribution in [0.25, 0.3) is 0 Å². The Kier molecular flexibility index (Phi) is 4.29. The van der Waals surface area contributed by atoms with Crippen molar-refractivity contribution < 1.29 is 14.0 Å². The maximum Gasteiger partial charge on any atom is 0.257 e. The second-order valence-electron chi connectivity index (χ2n) is 7.28. The Morgan fingerprint density at radius 2 is 1.87 bits per heavy atom. The van der Waals surface area contributed by atoms with E-state index in [0.29, 0.717) is 35.8 Å². The van der Waals surface area contributed by atoms with Gasteiger partial charge in [-0.2, -0.15) is 4.39 Å². The number of rotatable bonds is 2.